The van der Waals surface area contributed by atoms with Crippen molar-refractivity contribution in [2.24, 2.45) is 5.73 Å². The van der Waals surface area contributed by atoms with Crippen LogP contribution in [0.3, 0.4) is 0 Å². The summed E-state index contributed by atoms with van der Waals surface area (Å²) >= 11 is 0. The van der Waals surface area contributed by atoms with Crippen LogP contribution in [0.2, 0.25) is 0 Å². The van der Waals surface area contributed by atoms with Gasteiger partial charge in [0.1, 0.15) is 6.04 Å². The van der Waals surface area contributed by atoms with Gasteiger partial charge in [-0.1, -0.05) is 0 Å². The standard InChI is InChI=1S/C12H15N3O3/c13-11(17)9-3-1-2-6-15(9)12(18)8-4-5-10(16)14-7-8/h4-5,7,9H,1-3,6H2,(H2,13,17)(H,14,16). The zero-order valence-electron chi connectivity index (χ0n) is 9.89. The van der Waals surface area contributed by atoms with Crippen molar-refractivity contribution in [1.29, 1.82) is 0 Å². The summed E-state index contributed by atoms with van der Waals surface area (Å²) in [5.41, 5.74) is 5.40. The Morgan fingerprint density at radius 2 is 2.11 bits per heavy atom. The van der Waals surface area contributed by atoms with Crippen molar-refractivity contribution in [1.82, 2.24) is 9.88 Å². The lowest BCUT2D eigenvalue weighted by Crippen LogP contribution is -2.50. The van der Waals surface area contributed by atoms with Crippen LogP contribution in [-0.2, 0) is 4.79 Å². The van der Waals surface area contributed by atoms with Crippen LogP contribution in [0.5, 0.6) is 0 Å². The number of hydrogen-bond donors (Lipinski definition) is 2. The van der Waals surface area contributed by atoms with Gasteiger partial charge in [0.25, 0.3) is 5.91 Å². The molecule has 1 saturated heterocycles. The molecule has 0 bridgehead atoms. The second kappa shape index (κ2) is 5.03. The summed E-state index contributed by atoms with van der Waals surface area (Å²) in [6, 6.07) is 2.20. The van der Waals surface area contributed by atoms with Gasteiger partial charge in [-0.15, -0.1) is 0 Å². The van der Waals surface area contributed by atoms with Gasteiger partial charge in [-0.25, -0.2) is 0 Å². The van der Waals surface area contributed by atoms with Crippen LogP contribution in [0.1, 0.15) is 29.6 Å². The first-order chi connectivity index (χ1) is 8.59. The molecule has 1 aromatic heterocycles. The lowest BCUT2D eigenvalue weighted by atomic mass is 10.0. The number of H-pyrrole nitrogens is 1. The lowest BCUT2D eigenvalue weighted by Gasteiger charge is -2.33. The van der Waals surface area contributed by atoms with Crippen molar-refractivity contribution < 1.29 is 9.59 Å². The molecule has 2 amide bonds. The van der Waals surface area contributed by atoms with E-state index in [2.05, 4.69) is 4.98 Å². The molecule has 6 nitrogen and oxygen atoms in total. The summed E-state index contributed by atoms with van der Waals surface area (Å²) in [4.78, 5) is 38.4. The van der Waals surface area contributed by atoms with Crippen LogP contribution in [0.15, 0.2) is 23.1 Å². The third-order valence-corrected chi connectivity index (χ3v) is 3.12. The van der Waals surface area contributed by atoms with E-state index in [1.165, 1.54) is 23.2 Å². The monoisotopic (exact) mass is 249 g/mol. The van der Waals surface area contributed by atoms with Crippen LogP contribution >= 0.6 is 0 Å². The van der Waals surface area contributed by atoms with Crippen molar-refractivity contribution in [2.45, 2.75) is 25.3 Å². The number of likely N-dealkylation sites (tertiary alicyclic amines) is 1. The Bertz CT molecular complexity index is 503. The number of aromatic nitrogens is 1. The van der Waals surface area contributed by atoms with Gasteiger partial charge in [0.15, 0.2) is 0 Å². The maximum absolute atomic E-state index is 12.2. The van der Waals surface area contributed by atoms with E-state index in [1.807, 2.05) is 0 Å². The number of aromatic amines is 1. The molecule has 0 radical (unpaired) electrons. The van der Waals surface area contributed by atoms with E-state index < -0.39 is 11.9 Å². The Morgan fingerprint density at radius 3 is 2.72 bits per heavy atom. The van der Waals surface area contributed by atoms with Gasteiger partial charge in [-0.3, -0.25) is 14.4 Å². The Morgan fingerprint density at radius 1 is 1.33 bits per heavy atom. The molecule has 1 aliphatic heterocycles. The smallest absolute Gasteiger partial charge is 0.256 e. The zero-order valence-corrected chi connectivity index (χ0v) is 9.89. The summed E-state index contributed by atoms with van der Waals surface area (Å²) in [6.45, 7) is 0.519. The molecule has 96 valence electrons. The summed E-state index contributed by atoms with van der Waals surface area (Å²) in [5.74, 6) is -0.748. The molecule has 1 fully saturated rings. The first-order valence-electron chi connectivity index (χ1n) is 5.88. The number of primary amides is 1. The molecular formula is C12H15N3O3. The van der Waals surface area contributed by atoms with E-state index in [0.717, 1.165) is 12.8 Å². The molecule has 0 saturated carbocycles. The van der Waals surface area contributed by atoms with Crippen molar-refractivity contribution >= 4 is 11.8 Å². The zero-order chi connectivity index (χ0) is 13.1. The summed E-state index contributed by atoms with van der Waals surface area (Å²) in [6.07, 6.45) is 3.71. The minimum absolute atomic E-state index is 0.267. The molecule has 1 aliphatic rings. The lowest BCUT2D eigenvalue weighted by molar-refractivity contribution is -0.123. The number of carbonyl (C=O) groups excluding carboxylic acids is 2. The number of rotatable bonds is 2. The molecule has 0 spiro atoms. The number of piperidine rings is 1. The van der Waals surface area contributed by atoms with Gasteiger partial charge >= 0.3 is 0 Å². The molecule has 2 rings (SSSR count). The number of nitrogens with two attached hydrogens (primary N) is 1. The van der Waals surface area contributed by atoms with Crippen LogP contribution < -0.4 is 11.3 Å². The second-order valence-corrected chi connectivity index (χ2v) is 4.35. The number of pyridine rings is 1. The molecule has 0 aliphatic carbocycles. The van der Waals surface area contributed by atoms with E-state index >= 15 is 0 Å². The quantitative estimate of drug-likeness (QED) is 0.763. The van der Waals surface area contributed by atoms with Gasteiger partial charge < -0.3 is 15.6 Å². The molecule has 2 heterocycles. The summed E-state index contributed by atoms with van der Waals surface area (Å²) in [5, 5.41) is 0. The SMILES string of the molecule is NC(=O)C1CCCCN1C(=O)c1ccc(=O)[nH]c1. The minimum atomic E-state index is -0.543. The third-order valence-electron chi connectivity index (χ3n) is 3.12. The fourth-order valence-corrected chi connectivity index (χ4v) is 2.18. The Labute approximate surface area is 104 Å². The Balaban J connectivity index is 2.23. The average Bonchev–Trinajstić information content (AvgIpc) is 2.39. The van der Waals surface area contributed by atoms with Gasteiger partial charge in [-0.05, 0) is 25.3 Å². The number of nitrogens with one attached hydrogen (secondary N) is 1. The molecule has 1 atom stereocenters. The van der Waals surface area contributed by atoms with Crippen molar-refractivity contribution in [3.05, 3.63) is 34.2 Å². The largest absolute Gasteiger partial charge is 0.368 e. The maximum Gasteiger partial charge on any atom is 0.256 e. The topological polar surface area (TPSA) is 96.3 Å². The van der Waals surface area contributed by atoms with Crippen molar-refractivity contribution in [2.75, 3.05) is 6.54 Å². The van der Waals surface area contributed by atoms with Gasteiger partial charge in [0, 0.05) is 18.8 Å². The molecule has 0 aromatic carbocycles. The van der Waals surface area contributed by atoms with Gasteiger partial charge in [0.05, 0.1) is 5.56 Å². The first kappa shape index (κ1) is 12.3. The van der Waals surface area contributed by atoms with E-state index in [9.17, 15) is 14.4 Å². The van der Waals surface area contributed by atoms with Crippen LogP contribution in [0, 0.1) is 0 Å². The molecule has 1 unspecified atom stereocenters. The fourth-order valence-electron chi connectivity index (χ4n) is 2.18. The highest BCUT2D eigenvalue weighted by Gasteiger charge is 2.31. The van der Waals surface area contributed by atoms with Crippen LogP contribution in [0.25, 0.3) is 0 Å². The average molecular weight is 249 g/mol. The number of carbonyl (C=O) groups is 2. The van der Waals surface area contributed by atoms with Crippen molar-refractivity contribution in [3.8, 4) is 0 Å². The molecule has 1 aromatic rings. The normalized spacial score (nSPS) is 19.6. The second-order valence-electron chi connectivity index (χ2n) is 4.35. The Kier molecular flexibility index (Phi) is 3.45. The maximum atomic E-state index is 12.2. The van der Waals surface area contributed by atoms with Crippen LogP contribution in [0.4, 0.5) is 0 Å². The number of amides is 2. The van der Waals surface area contributed by atoms with Gasteiger partial charge in [0.2, 0.25) is 11.5 Å². The highest BCUT2D eigenvalue weighted by Crippen LogP contribution is 2.18. The van der Waals surface area contributed by atoms with E-state index in [4.69, 9.17) is 5.73 Å². The highest BCUT2D eigenvalue weighted by atomic mass is 16.2. The minimum Gasteiger partial charge on any atom is -0.368 e. The molecule has 6 heteroatoms. The Hall–Kier alpha value is -2.11. The van der Waals surface area contributed by atoms with E-state index in [0.29, 0.717) is 18.5 Å². The molecule has 18 heavy (non-hydrogen) atoms. The molecular weight excluding hydrogens is 234 g/mol. The first-order valence-corrected chi connectivity index (χ1v) is 5.88. The predicted octanol–water partition coefficient (Wildman–Crippen LogP) is -0.145. The van der Waals surface area contributed by atoms with Crippen LogP contribution in [-0.4, -0.2) is 34.3 Å². The predicted molar refractivity (Wildman–Crippen MR) is 64.9 cm³/mol. The number of hydrogen-bond acceptors (Lipinski definition) is 3. The summed E-state index contributed by atoms with van der Waals surface area (Å²) in [7, 11) is 0. The number of nitrogens with zero attached hydrogens (tertiary/aromatic N) is 1. The third kappa shape index (κ3) is 2.42. The van der Waals surface area contributed by atoms with E-state index in [1.54, 1.807) is 0 Å². The van der Waals surface area contributed by atoms with Crippen molar-refractivity contribution in [3.63, 3.8) is 0 Å². The van der Waals surface area contributed by atoms with Gasteiger partial charge in [-0.2, -0.15) is 0 Å². The van der Waals surface area contributed by atoms with E-state index in [-0.39, 0.29) is 11.5 Å². The molecule has 3 N–H and O–H groups in total. The fraction of sp³-hybridized carbons (Fsp3) is 0.417. The summed E-state index contributed by atoms with van der Waals surface area (Å²) < 4.78 is 0. The highest BCUT2D eigenvalue weighted by molar-refractivity contribution is 5.97.